The lowest BCUT2D eigenvalue weighted by Crippen LogP contribution is -2.33. The Kier molecular flexibility index (Phi) is 5.15. The Labute approximate surface area is 119 Å². The van der Waals surface area contributed by atoms with Gasteiger partial charge in [-0.3, -0.25) is 0 Å². The van der Waals surface area contributed by atoms with Crippen molar-refractivity contribution < 1.29 is 26.8 Å². The summed E-state index contributed by atoms with van der Waals surface area (Å²) in [5.74, 6) is -3.43. The maximum atomic E-state index is 12.6. The van der Waals surface area contributed by atoms with Gasteiger partial charge in [0.2, 0.25) is 5.89 Å². The first kappa shape index (κ1) is 16.2. The molecule has 2 atom stereocenters. The second-order valence-electron chi connectivity index (χ2n) is 5.15. The number of rotatable bonds is 6. The minimum Gasteiger partial charge on any atom is -0.367 e. The fraction of sp³-hybridized carbons (Fsp3) is 0.833. The third-order valence-corrected chi connectivity index (χ3v) is 3.36. The van der Waals surface area contributed by atoms with Gasteiger partial charge in [0, 0.05) is 0 Å². The zero-order valence-corrected chi connectivity index (χ0v) is 11.5. The fourth-order valence-corrected chi connectivity index (χ4v) is 2.17. The van der Waals surface area contributed by atoms with E-state index in [1.165, 1.54) is 0 Å². The standard InChI is InChI=1S/C12H17F4N3O2/c1-7-3-2-4-17-9(7)10-18-8(19-21-10)5-20-6-12(15,16)11(13)14/h7,9,11,17H,2-6H2,1H3. The molecular weight excluding hydrogens is 294 g/mol. The summed E-state index contributed by atoms with van der Waals surface area (Å²) in [4.78, 5) is 4.05. The summed E-state index contributed by atoms with van der Waals surface area (Å²) in [6.45, 7) is 1.10. The van der Waals surface area contributed by atoms with Crippen LogP contribution in [0.25, 0.3) is 0 Å². The average Bonchev–Trinajstić information content (AvgIpc) is 2.87. The first-order chi connectivity index (χ1) is 9.90. The summed E-state index contributed by atoms with van der Waals surface area (Å²) in [5, 5.41) is 6.84. The van der Waals surface area contributed by atoms with Gasteiger partial charge >= 0.3 is 12.3 Å². The molecule has 1 saturated heterocycles. The molecule has 1 N–H and O–H groups in total. The van der Waals surface area contributed by atoms with E-state index in [0.717, 1.165) is 19.4 Å². The summed E-state index contributed by atoms with van der Waals surface area (Å²) in [6.07, 6.45) is -1.68. The lowest BCUT2D eigenvalue weighted by atomic mass is 9.93. The third kappa shape index (κ3) is 4.13. The summed E-state index contributed by atoms with van der Waals surface area (Å²) < 4.78 is 58.8. The van der Waals surface area contributed by atoms with Gasteiger partial charge in [0.15, 0.2) is 5.82 Å². The van der Waals surface area contributed by atoms with Crippen LogP contribution in [0.2, 0.25) is 0 Å². The van der Waals surface area contributed by atoms with Gasteiger partial charge in [-0.15, -0.1) is 0 Å². The molecule has 21 heavy (non-hydrogen) atoms. The van der Waals surface area contributed by atoms with E-state index >= 15 is 0 Å². The first-order valence-corrected chi connectivity index (χ1v) is 6.69. The second kappa shape index (κ2) is 6.69. The van der Waals surface area contributed by atoms with Gasteiger partial charge in [-0.05, 0) is 25.3 Å². The molecule has 1 aliphatic heterocycles. The molecule has 2 rings (SSSR count). The van der Waals surface area contributed by atoms with Crippen LogP contribution in [0, 0.1) is 5.92 Å². The molecule has 0 bridgehead atoms. The van der Waals surface area contributed by atoms with Gasteiger partial charge < -0.3 is 14.6 Å². The molecular formula is C12H17F4N3O2. The van der Waals surface area contributed by atoms with E-state index in [1.807, 2.05) is 6.92 Å². The molecule has 1 fully saturated rings. The van der Waals surface area contributed by atoms with Crippen LogP contribution < -0.4 is 5.32 Å². The van der Waals surface area contributed by atoms with Crippen molar-refractivity contribution >= 4 is 0 Å². The predicted molar refractivity (Wildman–Crippen MR) is 64.0 cm³/mol. The number of piperidine rings is 1. The van der Waals surface area contributed by atoms with E-state index in [4.69, 9.17) is 4.52 Å². The van der Waals surface area contributed by atoms with Crippen molar-refractivity contribution in [2.24, 2.45) is 5.92 Å². The molecule has 0 saturated carbocycles. The van der Waals surface area contributed by atoms with Crippen molar-refractivity contribution in [3.63, 3.8) is 0 Å². The molecule has 120 valence electrons. The summed E-state index contributed by atoms with van der Waals surface area (Å²) in [6, 6.07) is -0.0810. The quantitative estimate of drug-likeness (QED) is 0.818. The molecule has 0 spiro atoms. The monoisotopic (exact) mass is 311 g/mol. The zero-order chi connectivity index (χ0) is 15.5. The Morgan fingerprint density at radius 1 is 1.48 bits per heavy atom. The van der Waals surface area contributed by atoms with Crippen LogP contribution in [-0.2, 0) is 11.3 Å². The van der Waals surface area contributed by atoms with Crippen molar-refractivity contribution in [2.75, 3.05) is 13.2 Å². The van der Waals surface area contributed by atoms with Crippen molar-refractivity contribution in [1.82, 2.24) is 15.5 Å². The molecule has 2 heterocycles. The second-order valence-corrected chi connectivity index (χ2v) is 5.15. The highest BCUT2D eigenvalue weighted by molar-refractivity contribution is 4.96. The third-order valence-electron chi connectivity index (χ3n) is 3.36. The van der Waals surface area contributed by atoms with E-state index in [-0.39, 0.29) is 11.9 Å². The topological polar surface area (TPSA) is 60.2 Å². The highest BCUT2D eigenvalue weighted by Gasteiger charge is 2.41. The highest BCUT2D eigenvalue weighted by Crippen LogP contribution is 2.28. The van der Waals surface area contributed by atoms with E-state index in [2.05, 4.69) is 20.2 Å². The van der Waals surface area contributed by atoms with Crippen molar-refractivity contribution in [3.8, 4) is 0 Å². The minimum absolute atomic E-state index is 0.0645. The van der Waals surface area contributed by atoms with E-state index in [0.29, 0.717) is 11.8 Å². The number of halogens is 4. The Morgan fingerprint density at radius 2 is 2.24 bits per heavy atom. The number of aromatic nitrogens is 2. The normalized spacial score (nSPS) is 23.7. The van der Waals surface area contributed by atoms with Crippen LogP contribution in [0.3, 0.4) is 0 Å². The van der Waals surface area contributed by atoms with E-state index in [9.17, 15) is 17.6 Å². The fourth-order valence-electron chi connectivity index (χ4n) is 2.17. The van der Waals surface area contributed by atoms with Crippen molar-refractivity contribution in [1.29, 1.82) is 0 Å². The van der Waals surface area contributed by atoms with Crippen LogP contribution in [0.4, 0.5) is 17.6 Å². The largest absolute Gasteiger partial charge is 0.367 e. The number of nitrogens with zero attached hydrogens (tertiary/aromatic N) is 2. The number of hydrogen-bond acceptors (Lipinski definition) is 5. The van der Waals surface area contributed by atoms with Gasteiger partial charge in [-0.25, -0.2) is 8.78 Å². The molecule has 1 aliphatic rings. The van der Waals surface area contributed by atoms with Crippen molar-refractivity contribution in [3.05, 3.63) is 11.7 Å². The van der Waals surface area contributed by atoms with Crippen LogP contribution in [0.15, 0.2) is 4.52 Å². The van der Waals surface area contributed by atoms with Crippen LogP contribution >= 0.6 is 0 Å². The molecule has 9 heteroatoms. The molecule has 1 aromatic heterocycles. The lowest BCUT2D eigenvalue weighted by Gasteiger charge is -2.26. The van der Waals surface area contributed by atoms with Gasteiger partial charge in [0.05, 0.1) is 6.04 Å². The predicted octanol–water partition coefficient (Wildman–Crippen LogP) is 2.55. The van der Waals surface area contributed by atoms with Gasteiger partial charge in [-0.1, -0.05) is 12.1 Å². The Morgan fingerprint density at radius 3 is 2.90 bits per heavy atom. The van der Waals surface area contributed by atoms with Crippen LogP contribution in [0.5, 0.6) is 0 Å². The number of nitrogens with one attached hydrogen (secondary N) is 1. The Bertz CT molecular complexity index is 455. The van der Waals surface area contributed by atoms with E-state index in [1.54, 1.807) is 0 Å². The van der Waals surface area contributed by atoms with Gasteiger partial charge in [0.25, 0.3) is 0 Å². The van der Waals surface area contributed by atoms with Crippen LogP contribution in [-0.4, -0.2) is 35.6 Å². The smallest absolute Gasteiger partial charge is 0.330 e. The first-order valence-electron chi connectivity index (χ1n) is 6.69. The Hall–Kier alpha value is -1.22. The minimum atomic E-state index is -4.17. The van der Waals surface area contributed by atoms with E-state index < -0.39 is 25.6 Å². The summed E-state index contributed by atoms with van der Waals surface area (Å²) >= 11 is 0. The summed E-state index contributed by atoms with van der Waals surface area (Å²) in [7, 11) is 0. The molecule has 1 aromatic rings. The zero-order valence-electron chi connectivity index (χ0n) is 11.5. The number of ether oxygens (including phenoxy) is 1. The molecule has 0 radical (unpaired) electrons. The molecule has 5 nitrogen and oxygen atoms in total. The molecule has 0 aliphatic carbocycles. The van der Waals surface area contributed by atoms with Gasteiger partial charge in [-0.2, -0.15) is 13.8 Å². The van der Waals surface area contributed by atoms with Gasteiger partial charge in [0.1, 0.15) is 13.2 Å². The Balaban J connectivity index is 1.86. The highest BCUT2D eigenvalue weighted by atomic mass is 19.3. The number of alkyl halides is 4. The molecule has 2 unspecified atom stereocenters. The average molecular weight is 311 g/mol. The van der Waals surface area contributed by atoms with Crippen molar-refractivity contribution in [2.45, 2.75) is 44.8 Å². The maximum absolute atomic E-state index is 12.6. The SMILES string of the molecule is CC1CCCNC1c1nc(COCC(F)(F)C(F)F)no1. The lowest BCUT2D eigenvalue weighted by molar-refractivity contribution is -0.168. The van der Waals surface area contributed by atoms with Crippen LogP contribution in [0.1, 0.15) is 37.5 Å². The molecule has 0 aromatic carbocycles. The summed E-state index contributed by atoms with van der Waals surface area (Å²) in [5.41, 5.74) is 0. The maximum Gasteiger partial charge on any atom is 0.330 e. The number of hydrogen-bond donors (Lipinski definition) is 1. The molecule has 0 amide bonds.